The Labute approximate surface area is 155 Å². The van der Waals surface area contributed by atoms with Crippen LogP contribution in [0.3, 0.4) is 0 Å². The Hall–Kier alpha value is -1.96. The standard InChI is InChI=1S/C16H15Cl2N3O3S/c1-21(13-5-3-2-4-11(13)18)25(23,24)15-10-8-9(17)6-7-12(10)20-14(15)16(19)22/h2-8,14-15,20H,1H3,(H2,19,22). The van der Waals surface area contributed by atoms with Crippen LogP contribution in [0.15, 0.2) is 42.5 Å². The summed E-state index contributed by atoms with van der Waals surface area (Å²) in [4.78, 5) is 11.9. The smallest absolute Gasteiger partial charge is 0.244 e. The lowest BCUT2D eigenvalue weighted by Crippen LogP contribution is -2.43. The van der Waals surface area contributed by atoms with Gasteiger partial charge >= 0.3 is 0 Å². The third-order valence-electron chi connectivity index (χ3n) is 4.13. The van der Waals surface area contributed by atoms with Gasteiger partial charge in [0, 0.05) is 17.8 Å². The highest BCUT2D eigenvalue weighted by molar-refractivity contribution is 7.93. The Kier molecular flexibility index (Phi) is 4.57. The highest BCUT2D eigenvalue weighted by Crippen LogP contribution is 2.43. The summed E-state index contributed by atoms with van der Waals surface area (Å²) in [5.41, 5.74) is 6.64. The van der Waals surface area contributed by atoms with Crippen molar-refractivity contribution in [3.8, 4) is 0 Å². The molecule has 3 N–H and O–H groups in total. The van der Waals surface area contributed by atoms with Gasteiger partial charge in [-0.2, -0.15) is 0 Å². The summed E-state index contributed by atoms with van der Waals surface area (Å²) < 4.78 is 27.6. The Morgan fingerprint density at radius 2 is 1.88 bits per heavy atom. The van der Waals surface area contributed by atoms with Crippen LogP contribution in [0.5, 0.6) is 0 Å². The van der Waals surface area contributed by atoms with Gasteiger partial charge in [0.25, 0.3) is 0 Å². The molecule has 0 saturated carbocycles. The molecule has 2 unspecified atom stereocenters. The lowest BCUT2D eigenvalue weighted by Gasteiger charge is -2.27. The first-order valence-electron chi connectivity index (χ1n) is 7.31. The molecule has 0 bridgehead atoms. The monoisotopic (exact) mass is 399 g/mol. The molecular weight excluding hydrogens is 385 g/mol. The van der Waals surface area contributed by atoms with Crippen LogP contribution in [0, 0.1) is 0 Å². The maximum atomic E-state index is 13.3. The number of sulfonamides is 1. The van der Waals surface area contributed by atoms with Gasteiger partial charge in [0.05, 0.1) is 10.7 Å². The number of primary amides is 1. The first-order chi connectivity index (χ1) is 11.7. The first kappa shape index (κ1) is 17.8. The molecule has 0 fully saturated rings. The van der Waals surface area contributed by atoms with Gasteiger partial charge in [0.2, 0.25) is 15.9 Å². The fraction of sp³-hybridized carbons (Fsp3) is 0.188. The highest BCUT2D eigenvalue weighted by atomic mass is 35.5. The number of nitrogens with zero attached hydrogens (tertiary/aromatic N) is 1. The summed E-state index contributed by atoms with van der Waals surface area (Å²) in [6, 6.07) is 10.2. The second kappa shape index (κ2) is 6.40. The minimum Gasteiger partial charge on any atom is -0.372 e. The van der Waals surface area contributed by atoms with Crippen LogP contribution in [-0.2, 0) is 14.8 Å². The lowest BCUT2D eigenvalue weighted by atomic mass is 10.1. The molecule has 1 aliphatic rings. The van der Waals surface area contributed by atoms with Crippen LogP contribution >= 0.6 is 23.2 Å². The average molecular weight is 400 g/mol. The van der Waals surface area contributed by atoms with E-state index in [1.54, 1.807) is 36.4 Å². The van der Waals surface area contributed by atoms with Crippen LogP contribution in [0.25, 0.3) is 0 Å². The molecule has 6 nitrogen and oxygen atoms in total. The fourth-order valence-electron chi connectivity index (χ4n) is 2.89. The minimum atomic E-state index is -4.01. The van der Waals surface area contributed by atoms with Crippen LogP contribution in [0.1, 0.15) is 10.8 Å². The molecule has 2 atom stereocenters. The molecule has 3 rings (SSSR count). The van der Waals surface area contributed by atoms with E-state index in [1.165, 1.54) is 13.1 Å². The second-order valence-corrected chi connectivity index (χ2v) is 8.57. The van der Waals surface area contributed by atoms with Crippen molar-refractivity contribution < 1.29 is 13.2 Å². The second-order valence-electron chi connectivity index (χ2n) is 5.64. The van der Waals surface area contributed by atoms with Crippen molar-refractivity contribution in [2.75, 3.05) is 16.7 Å². The molecule has 1 amide bonds. The molecular formula is C16H15Cl2N3O3S. The van der Waals surface area contributed by atoms with Crippen LogP contribution in [0.4, 0.5) is 11.4 Å². The van der Waals surface area contributed by atoms with Crippen LogP contribution in [0.2, 0.25) is 10.0 Å². The van der Waals surface area contributed by atoms with Gasteiger partial charge in [-0.05, 0) is 35.9 Å². The van der Waals surface area contributed by atoms with E-state index in [9.17, 15) is 13.2 Å². The SMILES string of the molecule is CN(c1ccccc1Cl)S(=O)(=O)C1c2cc(Cl)ccc2NC1C(N)=O. The number of hydrogen-bond donors (Lipinski definition) is 2. The number of halogens is 2. The first-order valence-corrected chi connectivity index (χ1v) is 9.57. The number of anilines is 2. The molecule has 0 radical (unpaired) electrons. The van der Waals surface area contributed by atoms with Crippen molar-refractivity contribution >= 4 is 50.5 Å². The van der Waals surface area contributed by atoms with E-state index in [2.05, 4.69) is 5.32 Å². The van der Waals surface area contributed by atoms with Crippen LogP contribution in [-0.4, -0.2) is 27.4 Å². The number of benzene rings is 2. The summed E-state index contributed by atoms with van der Waals surface area (Å²) in [6.07, 6.45) is 0. The molecule has 25 heavy (non-hydrogen) atoms. The van der Waals surface area contributed by atoms with Gasteiger partial charge in [0.1, 0.15) is 11.3 Å². The lowest BCUT2D eigenvalue weighted by molar-refractivity contribution is -0.118. The van der Waals surface area contributed by atoms with E-state index >= 15 is 0 Å². The summed E-state index contributed by atoms with van der Waals surface area (Å²) in [6.45, 7) is 0. The normalized spacial score (nSPS) is 19.2. The van der Waals surface area contributed by atoms with Crippen molar-refractivity contribution in [3.05, 3.63) is 58.1 Å². The number of para-hydroxylation sites is 1. The van der Waals surface area contributed by atoms with E-state index in [1.807, 2.05) is 0 Å². The number of fused-ring (bicyclic) bond motifs is 1. The number of carbonyl (C=O) groups is 1. The zero-order chi connectivity index (χ0) is 18.4. The largest absolute Gasteiger partial charge is 0.372 e. The number of amides is 1. The predicted molar refractivity (Wildman–Crippen MR) is 99.6 cm³/mol. The molecule has 1 heterocycles. The summed E-state index contributed by atoms with van der Waals surface area (Å²) in [5, 5.41) is 2.30. The molecule has 9 heteroatoms. The van der Waals surface area contributed by atoms with Gasteiger partial charge in [-0.25, -0.2) is 8.42 Å². The third kappa shape index (κ3) is 3.03. The average Bonchev–Trinajstić information content (AvgIpc) is 2.94. The minimum absolute atomic E-state index is 0.279. The van der Waals surface area contributed by atoms with Crippen molar-refractivity contribution in [2.45, 2.75) is 11.3 Å². The molecule has 0 saturated heterocycles. The topological polar surface area (TPSA) is 92.5 Å². The van der Waals surface area contributed by atoms with Gasteiger partial charge < -0.3 is 11.1 Å². The van der Waals surface area contributed by atoms with Gasteiger partial charge in [-0.3, -0.25) is 9.10 Å². The summed E-state index contributed by atoms with van der Waals surface area (Å²) >= 11 is 12.1. The van der Waals surface area contributed by atoms with Crippen molar-refractivity contribution in [3.63, 3.8) is 0 Å². The zero-order valence-electron chi connectivity index (χ0n) is 13.1. The molecule has 2 aromatic rings. The molecule has 0 spiro atoms. The van der Waals surface area contributed by atoms with Crippen molar-refractivity contribution in [2.24, 2.45) is 5.73 Å². The molecule has 2 aromatic carbocycles. The maximum Gasteiger partial charge on any atom is 0.244 e. The Morgan fingerprint density at radius 3 is 2.52 bits per heavy atom. The van der Waals surface area contributed by atoms with Gasteiger partial charge in [0.15, 0.2) is 0 Å². The molecule has 0 aliphatic carbocycles. The number of nitrogens with two attached hydrogens (primary N) is 1. The number of hydrogen-bond acceptors (Lipinski definition) is 4. The van der Waals surface area contributed by atoms with Crippen LogP contribution < -0.4 is 15.4 Å². The fourth-order valence-corrected chi connectivity index (χ4v) is 5.22. The van der Waals surface area contributed by atoms with E-state index in [0.717, 1.165) is 4.31 Å². The van der Waals surface area contributed by atoms with Gasteiger partial charge in [-0.1, -0.05) is 35.3 Å². The quantitative estimate of drug-likeness (QED) is 0.826. The Morgan fingerprint density at radius 1 is 1.20 bits per heavy atom. The zero-order valence-corrected chi connectivity index (χ0v) is 15.4. The number of nitrogens with one attached hydrogen (secondary N) is 1. The number of rotatable bonds is 4. The highest BCUT2D eigenvalue weighted by Gasteiger charge is 2.46. The third-order valence-corrected chi connectivity index (χ3v) is 6.82. The summed E-state index contributed by atoms with van der Waals surface area (Å²) in [5.74, 6) is -0.770. The van der Waals surface area contributed by atoms with Gasteiger partial charge in [-0.15, -0.1) is 0 Å². The maximum absolute atomic E-state index is 13.3. The Bertz CT molecular complexity index is 949. The summed E-state index contributed by atoms with van der Waals surface area (Å²) in [7, 11) is -2.63. The molecule has 132 valence electrons. The molecule has 0 aromatic heterocycles. The van der Waals surface area contributed by atoms with E-state index in [4.69, 9.17) is 28.9 Å². The Balaban J connectivity index is 2.13. The predicted octanol–water partition coefficient (Wildman–Crippen LogP) is 2.78. The number of carbonyl (C=O) groups excluding carboxylic acids is 1. The van der Waals surface area contributed by atoms with E-state index < -0.39 is 27.2 Å². The van der Waals surface area contributed by atoms with Crippen molar-refractivity contribution in [1.29, 1.82) is 0 Å². The van der Waals surface area contributed by atoms with Crippen molar-refractivity contribution in [1.82, 2.24) is 0 Å². The molecule has 1 aliphatic heterocycles. The van der Waals surface area contributed by atoms with E-state index in [-0.39, 0.29) is 5.02 Å². The van der Waals surface area contributed by atoms with E-state index in [0.29, 0.717) is 22.0 Å².